The van der Waals surface area contributed by atoms with Gasteiger partial charge in [0, 0.05) is 6.42 Å². The van der Waals surface area contributed by atoms with E-state index in [1.165, 1.54) is 141 Å². The van der Waals surface area contributed by atoms with Crippen LogP contribution in [0.1, 0.15) is 251 Å². The number of nitrogens with one attached hydrogen (secondary N) is 1. The number of aliphatic hydroxyl groups excluding tert-OH is 1. The number of unbranched alkanes of at least 4 members (excludes halogenated alkanes) is 25. The molecule has 0 heterocycles. The summed E-state index contributed by atoms with van der Waals surface area (Å²) in [4.78, 5) is 23.3. The molecule has 0 fully saturated rings. The Balaban J connectivity index is 4.05. The smallest absolute Gasteiger partial charge is 0.387 e. The third kappa shape index (κ3) is 60.4. The van der Waals surface area contributed by atoms with Crippen LogP contribution in [0.25, 0.3) is 0 Å². The number of aliphatic hydroxyl groups is 1. The number of amides is 1. The van der Waals surface area contributed by atoms with E-state index in [2.05, 4.69) is 129 Å². The maximum atomic E-state index is 13.0. The molecule has 0 aliphatic carbocycles. The molecular weight excluding hydrogens is 972 g/mol. The highest BCUT2D eigenvalue weighted by atomic mass is 31.2. The standard InChI is InChI=1S/C68H119N2O6P/c1-6-8-10-12-14-16-18-20-22-24-25-26-27-28-29-30-31-32-33-34-35-36-37-38-39-40-41-42-43-44-45-46-48-50-52-54-56-58-60-62-68(72)69-66(65-76-77(73,74)75-64-63-70(3,4)5)67(71)61-59-57-55-53-51-49-47-23-21-19-17-15-13-11-9-7-2/h8,10,14,16,20-23,25-26,28-29,31-32,34-35,51,53,59,61,66-67,71H,6-7,9,11-13,15,17-19,24,27,30,33,36-50,52,54-58,60,62-65H2,1-5H3,(H-,69,72,73,74)/p+1/b10-8-,16-14-,22-20-,23-21+,26-25-,29-28-,32-31-,35-34-,53-51+,61-59+. The lowest BCUT2D eigenvalue weighted by molar-refractivity contribution is -0.870. The van der Waals surface area contributed by atoms with Crippen LogP contribution in [0.4, 0.5) is 0 Å². The molecule has 8 nitrogen and oxygen atoms in total. The topological polar surface area (TPSA) is 105 Å². The molecule has 0 saturated carbocycles. The molecule has 0 aliphatic heterocycles. The van der Waals surface area contributed by atoms with Gasteiger partial charge in [0.05, 0.1) is 39.9 Å². The molecule has 9 heteroatoms. The number of carbonyl (C=O) groups is 1. The molecule has 0 bridgehead atoms. The Kier molecular flexibility index (Phi) is 55.3. The number of quaternary nitrogens is 1. The van der Waals surface area contributed by atoms with Crippen molar-refractivity contribution in [2.75, 3.05) is 40.9 Å². The normalized spacial score (nSPS) is 14.6. The Morgan fingerprint density at radius 3 is 1.19 bits per heavy atom. The van der Waals surface area contributed by atoms with Crippen molar-refractivity contribution in [1.82, 2.24) is 5.32 Å². The van der Waals surface area contributed by atoms with Gasteiger partial charge in [-0.15, -0.1) is 0 Å². The van der Waals surface area contributed by atoms with Gasteiger partial charge in [-0.25, -0.2) is 4.57 Å². The van der Waals surface area contributed by atoms with Crippen LogP contribution in [0.2, 0.25) is 0 Å². The molecule has 0 aromatic rings. The fourth-order valence-electron chi connectivity index (χ4n) is 8.53. The molecule has 0 aromatic heterocycles. The van der Waals surface area contributed by atoms with Gasteiger partial charge in [-0.2, -0.15) is 0 Å². The van der Waals surface area contributed by atoms with E-state index in [0.29, 0.717) is 17.4 Å². The van der Waals surface area contributed by atoms with Crippen LogP contribution >= 0.6 is 7.82 Å². The molecule has 0 rings (SSSR count). The van der Waals surface area contributed by atoms with Gasteiger partial charge in [0.1, 0.15) is 13.2 Å². The molecule has 3 atom stereocenters. The van der Waals surface area contributed by atoms with Crippen LogP contribution in [0.15, 0.2) is 122 Å². The van der Waals surface area contributed by atoms with Crippen LogP contribution in [0.3, 0.4) is 0 Å². The van der Waals surface area contributed by atoms with Crippen molar-refractivity contribution in [3.63, 3.8) is 0 Å². The molecular formula is C68H120N2O6P+. The van der Waals surface area contributed by atoms with E-state index >= 15 is 0 Å². The first-order valence-corrected chi connectivity index (χ1v) is 32.9. The maximum absolute atomic E-state index is 13.0. The molecule has 0 aliphatic rings. The second-order valence-corrected chi connectivity index (χ2v) is 23.5. The summed E-state index contributed by atoms with van der Waals surface area (Å²) in [5.74, 6) is -0.193. The predicted octanol–water partition coefficient (Wildman–Crippen LogP) is 19.7. The first kappa shape index (κ1) is 73.9. The molecule has 0 radical (unpaired) electrons. The Morgan fingerprint density at radius 1 is 0.455 bits per heavy atom. The lowest BCUT2D eigenvalue weighted by Crippen LogP contribution is -2.45. The van der Waals surface area contributed by atoms with Crippen molar-refractivity contribution in [3.05, 3.63) is 122 Å². The minimum Gasteiger partial charge on any atom is -0.387 e. The van der Waals surface area contributed by atoms with Gasteiger partial charge in [0.2, 0.25) is 5.91 Å². The first-order chi connectivity index (χ1) is 37.5. The summed E-state index contributed by atoms with van der Waals surface area (Å²) in [6.45, 7) is 4.66. The highest BCUT2D eigenvalue weighted by Gasteiger charge is 2.27. The molecule has 0 aromatic carbocycles. The number of hydrogen-bond acceptors (Lipinski definition) is 5. The van der Waals surface area contributed by atoms with E-state index in [1.54, 1.807) is 6.08 Å². The van der Waals surface area contributed by atoms with Gasteiger partial charge in [-0.1, -0.05) is 264 Å². The van der Waals surface area contributed by atoms with Crippen LogP contribution < -0.4 is 5.32 Å². The highest BCUT2D eigenvalue weighted by molar-refractivity contribution is 7.47. The van der Waals surface area contributed by atoms with E-state index in [-0.39, 0.29) is 19.1 Å². The average molecular weight is 1090 g/mol. The van der Waals surface area contributed by atoms with Gasteiger partial charge in [-0.05, 0) is 103 Å². The van der Waals surface area contributed by atoms with Crippen molar-refractivity contribution in [2.24, 2.45) is 0 Å². The summed E-state index contributed by atoms with van der Waals surface area (Å²) in [5.41, 5.74) is 0. The van der Waals surface area contributed by atoms with Crippen molar-refractivity contribution in [3.8, 4) is 0 Å². The van der Waals surface area contributed by atoms with Crippen LogP contribution in [0, 0.1) is 0 Å². The number of carbonyl (C=O) groups excluding carboxylic acids is 1. The summed E-state index contributed by atoms with van der Waals surface area (Å²) in [5, 5.41) is 13.9. The summed E-state index contributed by atoms with van der Waals surface area (Å²) < 4.78 is 23.7. The molecule has 3 N–H and O–H groups in total. The van der Waals surface area contributed by atoms with E-state index in [1.807, 2.05) is 27.2 Å². The Morgan fingerprint density at radius 2 is 0.792 bits per heavy atom. The minimum atomic E-state index is -4.36. The molecule has 77 heavy (non-hydrogen) atoms. The Hall–Kier alpha value is -3.10. The van der Waals surface area contributed by atoms with Gasteiger partial charge in [0.15, 0.2) is 0 Å². The second-order valence-electron chi connectivity index (χ2n) is 22.0. The van der Waals surface area contributed by atoms with Gasteiger partial charge >= 0.3 is 7.82 Å². The molecule has 0 saturated heterocycles. The second kappa shape index (κ2) is 57.6. The van der Waals surface area contributed by atoms with E-state index in [9.17, 15) is 19.4 Å². The van der Waals surface area contributed by atoms with Crippen LogP contribution in [-0.2, 0) is 18.4 Å². The zero-order valence-corrected chi connectivity index (χ0v) is 51.3. The number of nitrogens with zero attached hydrogens (tertiary/aromatic N) is 1. The van der Waals surface area contributed by atoms with E-state index in [0.717, 1.165) is 89.9 Å². The largest absolute Gasteiger partial charge is 0.472 e. The highest BCUT2D eigenvalue weighted by Crippen LogP contribution is 2.43. The Bertz CT molecular complexity index is 1670. The predicted molar refractivity (Wildman–Crippen MR) is 336 cm³/mol. The van der Waals surface area contributed by atoms with Crippen molar-refractivity contribution < 1.29 is 32.9 Å². The minimum absolute atomic E-state index is 0.0497. The molecule has 3 unspecified atom stereocenters. The Labute approximate surface area is 475 Å². The van der Waals surface area contributed by atoms with Crippen molar-refractivity contribution in [2.45, 2.75) is 264 Å². The van der Waals surface area contributed by atoms with Crippen molar-refractivity contribution in [1.29, 1.82) is 0 Å². The zero-order valence-electron chi connectivity index (χ0n) is 50.4. The lowest BCUT2D eigenvalue weighted by atomic mass is 10.0. The fraction of sp³-hybridized carbons (Fsp3) is 0.691. The number of allylic oxidation sites excluding steroid dienone is 19. The summed E-state index contributed by atoms with van der Waals surface area (Å²) in [6.07, 6.45) is 86.1. The third-order valence-electron chi connectivity index (χ3n) is 13.4. The summed E-state index contributed by atoms with van der Waals surface area (Å²) >= 11 is 0. The first-order valence-electron chi connectivity index (χ1n) is 31.4. The molecule has 1 amide bonds. The average Bonchev–Trinajstić information content (AvgIpc) is 3.39. The summed E-state index contributed by atoms with van der Waals surface area (Å²) in [6, 6.07) is -0.875. The summed E-state index contributed by atoms with van der Waals surface area (Å²) in [7, 11) is 1.54. The van der Waals surface area contributed by atoms with Gasteiger partial charge in [-0.3, -0.25) is 13.8 Å². The van der Waals surface area contributed by atoms with Gasteiger partial charge < -0.3 is 19.8 Å². The fourth-order valence-corrected chi connectivity index (χ4v) is 9.26. The lowest BCUT2D eigenvalue weighted by Gasteiger charge is -2.25. The SMILES string of the molecule is CC/C=C\C/C=C\C/C=C\C/C=C\C/C=C\C/C=C\C/C=C\CCCCCCCCCCCCCCCCCCCC(=O)NC(COP(=O)(O)OCC[N+](C)(C)C)C(O)/C=C/CC/C=C/CC/C=C/CCCCCCCC. The number of hydrogen-bond donors (Lipinski definition) is 3. The van der Waals surface area contributed by atoms with Crippen molar-refractivity contribution >= 4 is 13.7 Å². The maximum Gasteiger partial charge on any atom is 0.472 e. The monoisotopic (exact) mass is 1090 g/mol. The number of rotatable bonds is 56. The zero-order chi connectivity index (χ0) is 56.3. The number of phosphoric ester groups is 1. The van der Waals surface area contributed by atoms with E-state index < -0.39 is 20.0 Å². The van der Waals surface area contributed by atoms with E-state index in [4.69, 9.17) is 9.05 Å². The van der Waals surface area contributed by atoms with Crippen LogP contribution in [0.5, 0.6) is 0 Å². The molecule has 0 spiro atoms. The quantitative estimate of drug-likeness (QED) is 0.0243. The number of phosphoric acid groups is 1. The third-order valence-corrected chi connectivity index (χ3v) is 14.4. The van der Waals surface area contributed by atoms with Gasteiger partial charge in [0.25, 0.3) is 0 Å². The molecule has 442 valence electrons. The van der Waals surface area contributed by atoms with Crippen LogP contribution in [-0.4, -0.2) is 73.4 Å². The number of likely N-dealkylation sites (N-methyl/N-ethyl adjacent to an activating group) is 1.